The van der Waals surface area contributed by atoms with Gasteiger partial charge in [-0.1, -0.05) is 43.5 Å². The lowest BCUT2D eigenvalue weighted by atomic mass is 10.1. The van der Waals surface area contributed by atoms with Gasteiger partial charge < -0.3 is 4.74 Å². The molecular weight excluding hydrogens is 304 g/mol. The first kappa shape index (κ1) is 14.6. The van der Waals surface area contributed by atoms with E-state index in [0.29, 0.717) is 10.4 Å². The molecule has 0 atom stereocenters. The SMILES string of the molecule is CCCCCCCCOC(=O)c1nnsc1Br. The molecular formula is C11H17BrN2O2S. The lowest BCUT2D eigenvalue weighted by Crippen LogP contribution is -2.07. The highest BCUT2D eigenvalue weighted by molar-refractivity contribution is 9.11. The highest BCUT2D eigenvalue weighted by Crippen LogP contribution is 2.18. The second-order valence-electron chi connectivity index (χ2n) is 3.80. The van der Waals surface area contributed by atoms with Crippen molar-refractivity contribution in [2.24, 2.45) is 0 Å². The molecule has 0 aliphatic carbocycles. The van der Waals surface area contributed by atoms with Crippen molar-refractivity contribution in [3.05, 3.63) is 9.48 Å². The fraction of sp³-hybridized carbons (Fsp3) is 0.727. The van der Waals surface area contributed by atoms with Crippen LogP contribution in [0.4, 0.5) is 0 Å². The Kier molecular flexibility index (Phi) is 7.35. The van der Waals surface area contributed by atoms with Crippen LogP contribution in [0.25, 0.3) is 0 Å². The van der Waals surface area contributed by atoms with Gasteiger partial charge in [-0.05, 0) is 33.9 Å². The van der Waals surface area contributed by atoms with Gasteiger partial charge in [-0.15, -0.1) is 5.10 Å². The van der Waals surface area contributed by atoms with E-state index in [1.165, 1.54) is 25.7 Å². The van der Waals surface area contributed by atoms with Crippen molar-refractivity contribution in [3.63, 3.8) is 0 Å². The van der Waals surface area contributed by atoms with Crippen LogP contribution in [0.2, 0.25) is 0 Å². The molecule has 0 fully saturated rings. The normalized spacial score (nSPS) is 10.5. The Bertz CT molecular complexity index is 344. The summed E-state index contributed by atoms with van der Waals surface area (Å²) in [4.78, 5) is 11.5. The van der Waals surface area contributed by atoms with Crippen molar-refractivity contribution >= 4 is 33.4 Å². The van der Waals surface area contributed by atoms with Crippen molar-refractivity contribution in [1.29, 1.82) is 0 Å². The molecule has 1 heterocycles. The summed E-state index contributed by atoms with van der Waals surface area (Å²) in [7, 11) is 0. The summed E-state index contributed by atoms with van der Waals surface area (Å²) in [5.74, 6) is -0.390. The van der Waals surface area contributed by atoms with Gasteiger partial charge in [0.2, 0.25) is 0 Å². The first-order chi connectivity index (χ1) is 8.25. The fourth-order valence-electron chi connectivity index (χ4n) is 1.42. The third kappa shape index (κ3) is 5.59. The summed E-state index contributed by atoms with van der Waals surface area (Å²) < 4.78 is 9.40. The van der Waals surface area contributed by atoms with Gasteiger partial charge >= 0.3 is 5.97 Å². The van der Waals surface area contributed by atoms with E-state index < -0.39 is 0 Å². The second kappa shape index (κ2) is 8.58. The van der Waals surface area contributed by atoms with Crippen LogP contribution in [0.5, 0.6) is 0 Å². The van der Waals surface area contributed by atoms with Crippen molar-refractivity contribution < 1.29 is 9.53 Å². The topological polar surface area (TPSA) is 52.1 Å². The maximum absolute atomic E-state index is 11.5. The Labute approximate surface area is 114 Å². The summed E-state index contributed by atoms with van der Waals surface area (Å²) in [5, 5.41) is 3.70. The van der Waals surface area contributed by atoms with Crippen LogP contribution in [0.1, 0.15) is 55.9 Å². The van der Waals surface area contributed by atoms with E-state index in [1.54, 1.807) is 0 Å². The lowest BCUT2D eigenvalue weighted by Gasteiger charge is -2.02. The molecule has 1 aromatic rings. The van der Waals surface area contributed by atoms with E-state index in [2.05, 4.69) is 32.4 Å². The zero-order valence-corrected chi connectivity index (χ0v) is 12.3. The molecule has 6 heteroatoms. The van der Waals surface area contributed by atoms with Crippen LogP contribution in [-0.4, -0.2) is 22.2 Å². The number of nitrogens with zero attached hydrogens (tertiary/aromatic N) is 2. The number of rotatable bonds is 8. The molecule has 17 heavy (non-hydrogen) atoms. The predicted molar refractivity (Wildman–Crippen MR) is 71.3 cm³/mol. The third-order valence-electron chi connectivity index (χ3n) is 2.37. The number of halogens is 1. The summed E-state index contributed by atoms with van der Waals surface area (Å²) in [6.07, 6.45) is 7.06. The minimum Gasteiger partial charge on any atom is -0.461 e. The molecule has 0 unspecified atom stereocenters. The maximum atomic E-state index is 11.5. The van der Waals surface area contributed by atoms with Crippen LogP contribution < -0.4 is 0 Å². The molecule has 4 nitrogen and oxygen atoms in total. The average Bonchev–Trinajstić information content (AvgIpc) is 2.74. The molecule has 0 bridgehead atoms. The maximum Gasteiger partial charge on any atom is 0.361 e. The lowest BCUT2D eigenvalue weighted by molar-refractivity contribution is 0.0489. The number of unbranched alkanes of at least 4 members (excludes halogenated alkanes) is 5. The number of hydrogen-bond acceptors (Lipinski definition) is 5. The van der Waals surface area contributed by atoms with Crippen LogP contribution in [-0.2, 0) is 4.74 Å². The first-order valence-electron chi connectivity index (χ1n) is 5.90. The van der Waals surface area contributed by atoms with Gasteiger partial charge in [0.1, 0.15) is 3.79 Å². The van der Waals surface area contributed by atoms with E-state index in [9.17, 15) is 4.79 Å². The van der Waals surface area contributed by atoms with Gasteiger partial charge in [0.05, 0.1) is 6.61 Å². The number of carbonyl (C=O) groups excluding carboxylic acids is 1. The van der Waals surface area contributed by atoms with Gasteiger partial charge in [0.15, 0.2) is 5.69 Å². The highest BCUT2D eigenvalue weighted by atomic mass is 79.9. The number of ether oxygens (including phenoxy) is 1. The number of carbonyl (C=O) groups is 1. The predicted octanol–water partition coefficient (Wildman–Crippen LogP) is 3.82. The number of aromatic nitrogens is 2. The number of esters is 1. The van der Waals surface area contributed by atoms with E-state index >= 15 is 0 Å². The quantitative estimate of drug-likeness (QED) is 0.539. The van der Waals surface area contributed by atoms with Crippen molar-refractivity contribution in [2.75, 3.05) is 6.61 Å². The number of hydrogen-bond donors (Lipinski definition) is 0. The molecule has 0 saturated heterocycles. The van der Waals surface area contributed by atoms with Gasteiger partial charge in [0, 0.05) is 0 Å². The Hall–Kier alpha value is -0.490. The van der Waals surface area contributed by atoms with Crippen LogP contribution in [0.3, 0.4) is 0 Å². The van der Waals surface area contributed by atoms with Crippen LogP contribution >= 0.6 is 27.5 Å². The molecule has 1 rings (SSSR count). The van der Waals surface area contributed by atoms with Crippen molar-refractivity contribution in [2.45, 2.75) is 45.4 Å². The molecule has 0 spiro atoms. The van der Waals surface area contributed by atoms with E-state index in [4.69, 9.17) is 4.74 Å². The Balaban J connectivity index is 2.07. The Morgan fingerprint density at radius 2 is 2.00 bits per heavy atom. The van der Waals surface area contributed by atoms with Gasteiger partial charge in [-0.25, -0.2) is 4.79 Å². The summed E-state index contributed by atoms with van der Waals surface area (Å²) in [5.41, 5.74) is 0.279. The molecule has 0 amide bonds. The highest BCUT2D eigenvalue weighted by Gasteiger charge is 2.15. The van der Waals surface area contributed by atoms with E-state index in [1.807, 2.05) is 0 Å². The summed E-state index contributed by atoms with van der Waals surface area (Å²) in [6, 6.07) is 0. The van der Waals surface area contributed by atoms with Crippen molar-refractivity contribution in [3.8, 4) is 0 Å². The molecule has 1 aromatic heterocycles. The molecule has 0 aliphatic rings. The fourth-order valence-corrected chi connectivity index (χ4v) is 2.26. The van der Waals surface area contributed by atoms with E-state index in [0.717, 1.165) is 24.4 Å². The molecule has 0 saturated carbocycles. The van der Waals surface area contributed by atoms with Gasteiger partial charge in [-0.2, -0.15) is 0 Å². The Morgan fingerprint density at radius 3 is 2.65 bits per heavy atom. The average molecular weight is 321 g/mol. The van der Waals surface area contributed by atoms with Gasteiger partial charge in [-0.3, -0.25) is 0 Å². The standard InChI is InChI=1S/C11H17BrN2O2S/c1-2-3-4-5-6-7-8-16-11(15)9-10(12)17-14-13-9/h2-8H2,1H3. The van der Waals surface area contributed by atoms with E-state index in [-0.39, 0.29) is 11.7 Å². The summed E-state index contributed by atoms with van der Waals surface area (Å²) in [6.45, 7) is 2.66. The van der Waals surface area contributed by atoms with Crippen molar-refractivity contribution in [1.82, 2.24) is 9.59 Å². The largest absolute Gasteiger partial charge is 0.461 e. The molecule has 96 valence electrons. The van der Waals surface area contributed by atoms with Crippen LogP contribution in [0.15, 0.2) is 3.79 Å². The molecule has 0 aliphatic heterocycles. The molecule has 0 N–H and O–H groups in total. The third-order valence-corrected chi connectivity index (χ3v) is 3.70. The minimum atomic E-state index is -0.390. The zero-order chi connectivity index (χ0) is 12.5. The first-order valence-corrected chi connectivity index (χ1v) is 7.47. The minimum absolute atomic E-state index is 0.279. The smallest absolute Gasteiger partial charge is 0.361 e. The van der Waals surface area contributed by atoms with Crippen LogP contribution in [0, 0.1) is 0 Å². The second-order valence-corrected chi connectivity index (χ2v) is 5.87. The molecule has 0 aromatic carbocycles. The zero-order valence-electron chi connectivity index (χ0n) is 9.95. The monoisotopic (exact) mass is 320 g/mol. The Morgan fingerprint density at radius 1 is 1.29 bits per heavy atom. The van der Waals surface area contributed by atoms with Gasteiger partial charge in [0.25, 0.3) is 0 Å². The molecule has 0 radical (unpaired) electrons. The summed E-state index contributed by atoms with van der Waals surface area (Å²) >= 11 is 4.35.